The Morgan fingerprint density at radius 3 is 2.39 bits per heavy atom. The highest BCUT2D eigenvalue weighted by Gasteiger charge is 2.38. The Hall–Kier alpha value is -1.60. The summed E-state index contributed by atoms with van der Waals surface area (Å²) in [5.41, 5.74) is 0.424. The molecule has 1 aromatic carbocycles. The SMILES string of the molecule is CC.CCC.O=C([C@H]1CC[C@@H](NC2CCOCC2)C1)N1CCc2c(cccc2C(F)(F)F)C1. The minimum atomic E-state index is -4.34. The zero-order valence-corrected chi connectivity index (χ0v) is 20.6. The number of nitrogens with zero attached hydrogens (tertiary/aromatic N) is 1. The van der Waals surface area contributed by atoms with E-state index in [0.29, 0.717) is 29.8 Å². The van der Waals surface area contributed by atoms with Crippen LogP contribution in [0.1, 0.15) is 82.9 Å². The molecule has 188 valence electrons. The molecule has 0 bridgehead atoms. The molecule has 0 unspecified atom stereocenters. The van der Waals surface area contributed by atoms with E-state index in [4.69, 9.17) is 4.74 Å². The number of ether oxygens (including phenoxy) is 1. The maximum atomic E-state index is 13.2. The Bertz CT molecular complexity index is 733. The van der Waals surface area contributed by atoms with Crippen molar-refractivity contribution >= 4 is 5.91 Å². The van der Waals surface area contributed by atoms with Crippen molar-refractivity contribution in [1.29, 1.82) is 0 Å². The number of rotatable bonds is 3. The number of benzene rings is 1. The Kier molecular flexibility index (Phi) is 11.2. The molecule has 2 aliphatic heterocycles. The summed E-state index contributed by atoms with van der Waals surface area (Å²) in [5.74, 6) is 0.0732. The molecule has 7 heteroatoms. The van der Waals surface area contributed by atoms with E-state index in [0.717, 1.165) is 51.4 Å². The molecule has 3 aliphatic rings. The van der Waals surface area contributed by atoms with Crippen LogP contribution in [0.25, 0.3) is 0 Å². The van der Waals surface area contributed by atoms with Gasteiger partial charge in [0.25, 0.3) is 0 Å². The minimum Gasteiger partial charge on any atom is -0.381 e. The van der Waals surface area contributed by atoms with Gasteiger partial charge in [0.05, 0.1) is 5.56 Å². The van der Waals surface area contributed by atoms with Gasteiger partial charge in [-0.05, 0) is 55.7 Å². The van der Waals surface area contributed by atoms with Crippen LogP contribution in [0.5, 0.6) is 0 Å². The first-order valence-electron chi connectivity index (χ1n) is 12.6. The summed E-state index contributed by atoms with van der Waals surface area (Å²) in [6, 6.07) is 5.12. The van der Waals surface area contributed by atoms with Gasteiger partial charge in [0.2, 0.25) is 5.91 Å². The van der Waals surface area contributed by atoms with Crippen LogP contribution in [0.15, 0.2) is 18.2 Å². The normalized spacial score (nSPS) is 23.1. The average molecular weight is 471 g/mol. The molecule has 33 heavy (non-hydrogen) atoms. The van der Waals surface area contributed by atoms with Gasteiger partial charge in [-0.2, -0.15) is 13.2 Å². The number of fused-ring (bicyclic) bond motifs is 1. The lowest BCUT2D eigenvalue weighted by Gasteiger charge is -2.32. The second kappa shape index (κ2) is 13.3. The average Bonchev–Trinajstić information content (AvgIpc) is 3.28. The lowest BCUT2D eigenvalue weighted by atomic mass is 9.93. The maximum absolute atomic E-state index is 13.2. The van der Waals surface area contributed by atoms with Crippen molar-refractivity contribution < 1.29 is 22.7 Å². The van der Waals surface area contributed by atoms with Gasteiger partial charge in [-0.15, -0.1) is 0 Å². The molecule has 1 N–H and O–H groups in total. The highest BCUT2D eigenvalue weighted by Crippen LogP contribution is 2.36. The van der Waals surface area contributed by atoms with E-state index >= 15 is 0 Å². The zero-order valence-electron chi connectivity index (χ0n) is 20.6. The molecule has 2 atom stereocenters. The van der Waals surface area contributed by atoms with E-state index in [1.807, 2.05) is 13.8 Å². The van der Waals surface area contributed by atoms with Crippen LogP contribution in [0.2, 0.25) is 0 Å². The molecule has 2 fully saturated rings. The number of alkyl halides is 3. The number of nitrogens with one attached hydrogen (secondary N) is 1. The first-order valence-corrected chi connectivity index (χ1v) is 12.6. The third kappa shape index (κ3) is 7.71. The first-order chi connectivity index (χ1) is 15.8. The lowest BCUT2D eigenvalue weighted by molar-refractivity contribution is -0.139. The van der Waals surface area contributed by atoms with E-state index in [1.54, 1.807) is 11.0 Å². The quantitative estimate of drug-likeness (QED) is 0.592. The standard InChI is InChI=1S/C21H27F3N2O2.C3H8.C2H6/c22-21(23,24)19-3-1-2-15-13-26(9-6-18(15)19)20(27)14-4-5-17(12-14)25-16-7-10-28-11-8-16;1-3-2;1-2/h1-3,14,16-17,25H,4-13H2;3H2,1-2H3;1-2H3/t14-,17+;;/m0../s1. The van der Waals surface area contributed by atoms with Crippen LogP contribution in [0.3, 0.4) is 0 Å². The predicted octanol–water partition coefficient (Wildman–Crippen LogP) is 5.97. The predicted molar refractivity (Wildman–Crippen MR) is 126 cm³/mol. The molecule has 2 heterocycles. The molecular formula is C26H41F3N2O2. The van der Waals surface area contributed by atoms with Gasteiger partial charge in [-0.25, -0.2) is 0 Å². The monoisotopic (exact) mass is 470 g/mol. The van der Waals surface area contributed by atoms with Crippen LogP contribution in [0.4, 0.5) is 13.2 Å². The molecule has 4 rings (SSSR count). The van der Waals surface area contributed by atoms with E-state index < -0.39 is 11.7 Å². The first kappa shape index (κ1) is 27.6. The molecule has 0 spiro atoms. The molecular weight excluding hydrogens is 429 g/mol. The molecule has 0 aromatic heterocycles. The van der Waals surface area contributed by atoms with Gasteiger partial charge < -0.3 is 15.0 Å². The lowest BCUT2D eigenvalue weighted by Crippen LogP contribution is -2.42. The van der Waals surface area contributed by atoms with E-state index in [-0.39, 0.29) is 24.8 Å². The van der Waals surface area contributed by atoms with Crippen molar-refractivity contribution in [1.82, 2.24) is 10.2 Å². The number of halogens is 3. The molecule has 1 amide bonds. The number of carbonyl (C=O) groups is 1. The summed E-state index contributed by atoms with van der Waals surface area (Å²) in [6.07, 6.45) is 1.86. The third-order valence-corrected chi connectivity index (χ3v) is 6.36. The van der Waals surface area contributed by atoms with Gasteiger partial charge >= 0.3 is 6.18 Å². The number of hydrogen-bond acceptors (Lipinski definition) is 3. The minimum absolute atomic E-state index is 0.0234. The Morgan fingerprint density at radius 1 is 1.09 bits per heavy atom. The second-order valence-electron chi connectivity index (χ2n) is 8.92. The summed E-state index contributed by atoms with van der Waals surface area (Å²) in [4.78, 5) is 14.7. The largest absolute Gasteiger partial charge is 0.416 e. The summed E-state index contributed by atoms with van der Waals surface area (Å²) < 4.78 is 45.0. The molecule has 1 aliphatic carbocycles. The summed E-state index contributed by atoms with van der Waals surface area (Å²) in [6.45, 7) is 10.5. The Labute approximate surface area is 197 Å². The zero-order chi connectivity index (χ0) is 24.4. The van der Waals surface area contributed by atoms with Crippen LogP contribution in [-0.2, 0) is 28.7 Å². The van der Waals surface area contributed by atoms with Gasteiger partial charge in [-0.1, -0.05) is 46.2 Å². The van der Waals surface area contributed by atoms with Crippen molar-refractivity contribution in [2.75, 3.05) is 19.8 Å². The molecule has 1 saturated carbocycles. The van der Waals surface area contributed by atoms with Crippen LogP contribution >= 0.6 is 0 Å². The van der Waals surface area contributed by atoms with E-state index in [9.17, 15) is 18.0 Å². The number of amides is 1. The third-order valence-electron chi connectivity index (χ3n) is 6.36. The highest BCUT2D eigenvalue weighted by molar-refractivity contribution is 5.79. The van der Waals surface area contributed by atoms with Crippen molar-refractivity contribution in [3.8, 4) is 0 Å². The fourth-order valence-corrected chi connectivity index (χ4v) is 4.88. The van der Waals surface area contributed by atoms with Gasteiger partial charge in [0, 0.05) is 44.3 Å². The Balaban J connectivity index is 0.000000714. The maximum Gasteiger partial charge on any atom is 0.416 e. The van der Waals surface area contributed by atoms with E-state index in [2.05, 4.69) is 19.2 Å². The fourth-order valence-electron chi connectivity index (χ4n) is 4.88. The van der Waals surface area contributed by atoms with Crippen LogP contribution in [0, 0.1) is 5.92 Å². The molecule has 1 saturated heterocycles. The fraction of sp³-hybridized carbons (Fsp3) is 0.731. The smallest absolute Gasteiger partial charge is 0.381 e. The molecule has 1 aromatic rings. The second-order valence-corrected chi connectivity index (χ2v) is 8.92. The Morgan fingerprint density at radius 2 is 1.76 bits per heavy atom. The van der Waals surface area contributed by atoms with E-state index in [1.165, 1.54) is 12.5 Å². The van der Waals surface area contributed by atoms with Gasteiger partial charge in [0.1, 0.15) is 0 Å². The topological polar surface area (TPSA) is 41.6 Å². The van der Waals surface area contributed by atoms with Gasteiger partial charge in [0.15, 0.2) is 0 Å². The molecule has 0 radical (unpaired) electrons. The number of hydrogen-bond donors (Lipinski definition) is 1. The molecule has 4 nitrogen and oxygen atoms in total. The van der Waals surface area contributed by atoms with Crippen molar-refractivity contribution in [2.24, 2.45) is 5.92 Å². The summed E-state index contributed by atoms with van der Waals surface area (Å²) >= 11 is 0. The summed E-state index contributed by atoms with van der Waals surface area (Å²) in [7, 11) is 0. The van der Waals surface area contributed by atoms with Crippen LogP contribution < -0.4 is 5.32 Å². The highest BCUT2D eigenvalue weighted by atomic mass is 19.4. The van der Waals surface area contributed by atoms with Crippen molar-refractivity contribution in [2.45, 2.75) is 97.4 Å². The van der Waals surface area contributed by atoms with Crippen LogP contribution in [-0.4, -0.2) is 42.6 Å². The summed E-state index contributed by atoms with van der Waals surface area (Å²) in [5, 5.41) is 3.67. The van der Waals surface area contributed by atoms with Crippen molar-refractivity contribution in [3.63, 3.8) is 0 Å². The van der Waals surface area contributed by atoms with Crippen molar-refractivity contribution in [3.05, 3.63) is 34.9 Å². The number of carbonyl (C=O) groups excluding carboxylic acids is 1. The van der Waals surface area contributed by atoms with Gasteiger partial charge in [-0.3, -0.25) is 4.79 Å².